The van der Waals surface area contributed by atoms with Gasteiger partial charge in [0.25, 0.3) is 0 Å². The average molecular weight is 171 g/mol. The molecule has 0 aliphatic carbocycles. The summed E-state index contributed by atoms with van der Waals surface area (Å²) in [5.74, 6) is 0.309. The number of likely N-dealkylation sites (tertiary alicyclic amines) is 1. The van der Waals surface area contributed by atoms with Crippen LogP contribution in [-0.2, 0) is 9.53 Å². The maximum absolute atomic E-state index is 10.7. The first kappa shape index (κ1) is 9.52. The van der Waals surface area contributed by atoms with Gasteiger partial charge in [-0.05, 0) is 13.5 Å². The Kier molecular flexibility index (Phi) is 3.09. The highest BCUT2D eigenvalue weighted by Gasteiger charge is 2.26. The lowest BCUT2D eigenvalue weighted by molar-refractivity contribution is -0.151. The summed E-state index contributed by atoms with van der Waals surface area (Å²) in [6, 6.07) is 0. The van der Waals surface area contributed by atoms with Gasteiger partial charge in [-0.2, -0.15) is 0 Å². The number of rotatable bonds is 1. The van der Waals surface area contributed by atoms with Crippen LogP contribution in [0, 0.1) is 5.92 Å². The molecule has 1 heterocycles. The lowest BCUT2D eigenvalue weighted by Crippen LogP contribution is -2.41. The Morgan fingerprint density at radius 3 is 2.75 bits per heavy atom. The van der Waals surface area contributed by atoms with Crippen LogP contribution in [0.1, 0.15) is 20.3 Å². The molecule has 70 valence electrons. The van der Waals surface area contributed by atoms with E-state index in [2.05, 4.69) is 18.9 Å². The third-order valence-corrected chi connectivity index (χ3v) is 2.35. The van der Waals surface area contributed by atoms with Crippen LogP contribution >= 0.6 is 0 Å². The van der Waals surface area contributed by atoms with Gasteiger partial charge in [-0.3, -0.25) is 4.79 Å². The summed E-state index contributed by atoms with van der Waals surface area (Å²) in [5.41, 5.74) is 0. The second-order valence-electron chi connectivity index (χ2n) is 3.68. The average Bonchev–Trinajstić information content (AvgIpc) is 1.94. The fraction of sp³-hybridized carbons (Fsp3) is 0.889. The summed E-state index contributed by atoms with van der Waals surface area (Å²) in [6.07, 6.45) is 1.11. The Hall–Kier alpha value is -0.570. The van der Waals surface area contributed by atoms with Crippen molar-refractivity contribution >= 4 is 5.97 Å². The highest BCUT2D eigenvalue weighted by Crippen LogP contribution is 2.18. The van der Waals surface area contributed by atoms with Crippen LogP contribution in [0.25, 0.3) is 0 Å². The fourth-order valence-electron chi connectivity index (χ4n) is 1.72. The lowest BCUT2D eigenvalue weighted by atomic mass is 9.97. The minimum atomic E-state index is -0.156. The van der Waals surface area contributed by atoms with E-state index >= 15 is 0 Å². The zero-order valence-electron chi connectivity index (χ0n) is 8.04. The van der Waals surface area contributed by atoms with Gasteiger partial charge in [0.2, 0.25) is 0 Å². The molecule has 12 heavy (non-hydrogen) atoms. The molecule has 2 unspecified atom stereocenters. The van der Waals surface area contributed by atoms with Crippen LogP contribution in [-0.4, -0.2) is 37.1 Å². The smallest absolute Gasteiger partial charge is 0.302 e. The SMILES string of the molecule is CC(=O)OC1CCN(C)CC1C. The zero-order valence-corrected chi connectivity index (χ0v) is 8.04. The van der Waals surface area contributed by atoms with Crippen molar-refractivity contribution in [3.63, 3.8) is 0 Å². The van der Waals surface area contributed by atoms with E-state index in [1.807, 2.05) is 0 Å². The van der Waals surface area contributed by atoms with Crippen molar-refractivity contribution < 1.29 is 9.53 Å². The van der Waals surface area contributed by atoms with Gasteiger partial charge < -0.3 is 9.64 Å². The van der Waals surface area contributed by atoms with E-state index in [9.17, 15) is 4.79 Å². The van der Waals surface area contributed by atoms with Crippen LogP contribution in [0.5, 0.6) is 0 Å². The Bertz CT molecular complexity index is 170. The minimum Gasteiger partial charge on any atom is -0.462 e. The van der Waals surface area contributed by atoms with Gasteiger partial charge in [-0.1, -0.05) is 6.92 Å². The summed E-state index contributed by atoms with van der Waals surface area (Å²) in [5, 5.41) is 0. The number of piperidine rings is 1. The van der Waals surface area contributed by atoms with Crippen molar-refractivity contribution in [2.24, 2.45) is 5.92 Å². The number of carbonyl (C=O) groups is 1. The molecule has 1 aliphatic heterocycles. The van der Waals surface area contributed by atoms with Crippen molar-refractivity contribution in [3.8, 4) is 0 Å². The zero-order chi connectivity index (χ0) is 9.14. The quantitative estimate of drug-likeness (QED) is 0.549. The number of ether oxygens (including phenoxy) is 1. The van der Waals surface area contributed by atoms with Crippen molar-refractivity contribution in [1.29, 1.82) is 0 Å². The number of carbonyl (C=O) groups excluding carboxylic acids is 1. The molecule has 0 aromatic carbocycles. The van der Waals surface area contributed by atoms with Crippen LogP contribution in [0.4, 0.5) is 0 Å². The van der Waals surface area contributed by atoms with Crippen molar-refractivity contribution in [3.05, 3.63) is 0 Å². The fourth-order valence-corrected chi connectivity index (χ4v) is 1.72. The van der Waals surface area contributed by atoms with E-state index in [1.54, 1.807) is 0 Å². The molecule has 0 radical (unpaired) electrons. The van der Waals surface area contributed by atoms with E-state index in [4.69, 9.17) is 4.74 Å². The number of hydrogen-bond donors (Lipinski definition) is 0. The molecule has 1 rings (SSSR count). The third kappa shape index (κ3) is 2.48. The molecule has 0 spiro atoms. The molecule has 1 aliphatic rings. The Morgan fingerprint density at radius 2 is 2.25 bits per heavy atom. The van der Waals surface area contributed by atoms with Crippen molar-refractivity contribution in [2.45, 2.75) is 26.4 Å². The van der Waals surface area contributed by atoms with Crippen molar-refractivity contribution in [2.75, 3.05) is 20.1 Å². The maximum Gasteiger partial charge on any atom is 0.302 e. The number of nitrogens with zero attached hydrogens (tertiary/aromatic N) is 1. The molecule has 2 atom stereocenters. The molecule has 0 aromatic heterocycles. The predicted octanol–water partition coefficient (Wildman–Crippen LogP) is 0.890. The summed E-state index contributed by atoms with van der Waals surface area (Å²) in [7, 11) is 2.10. The normalized spacial score (nSPS) is 31.6. The van der Waals surface area contributed by atoms with Gasteiger partial charge in [0, 0.05) is 25.9 Å². The highest BCUT2D eigenvalue weighted by molar-refractivity contribution is 5.66. The van der Waals surface area contributed by atoms with E-state index in [1.165, 1.54) is 6.92 Å². The highest BCUT2D eigenvalue weighted by atomic mass is 16.5. The molecule has 0 amide bonds. The molecule has 3 heteroatoms. The first-order valence-electron chi connectivity index (χ1n) is 4.45. The Balaban J connectivity index is 2.39. The Morgan fingerprint density at radius 1 is 1.58 bits per heavy atom. The maximum atomic E-state index is 10.7. The topological polar surface area (TPSA) is 29.5 Å². The monoisotopic (exact) mass is 171 g/mol. The third-order valence-electron chi connectivity index (χ3n) is 2.35. The van der Waals surface area contributed by atoms with E-state index in [-0.39, 0.29) is 12.1 Å². The first-order valence-corrected chi connectivity index (χ1v) is 4.45. The molecule has 1 saturated heterocycles. The van der Waals surface area contributed by atoms with Crippen LogP contribution in [0.3, 0.4) is 0 Å². The molecule has 3 nitrogen and oxygen atoms in total. The van der Waals surface area contributed by atoms with Gasteiger partial charge in [0.05, 0.1) is 0 Å². The van der Waals surface area contributed by atoms with Gasteiger partial charge in [-0.25, -0.2) is 0 Å². The number of esters is 1. The molecule has 1 fully saturated rings. The summed E-state index contributed by atoms with van der Waals surface area (Å²) >= 11 is 0. The second-order valence-corrected chi connectivity index (χ2v) is 3.68. The molecule has 0 N–H and O–H groups in total. The first-order chi connectivity index (χ1) is 5.59. The van der Waals surface area contributed by atoms with E-state index < -0.39 is 0 Å². The molecule has 0 aromatic rings. The van der Waals surface area contributed by atoms with E-state index in [0.29, 0.717) is 5.92 Å². The van der Waals surface area contributed by atoms with Gasteiger partial charge in [0.15, 0.2) is 0 Å². The molecule has 0 saturated carbocycles. The minimum absolute atomic E-state index is 0.138. The van der Waals surface area contributed by atoms with Gasteiger partial charge >= 0.3 is 5.97 Å². The van der Waals surface area contributed by atoms with Crippen LogP contribution in [0.2, 0.25) is 0 Å². The van der Waals surface area contributed by atoms with Gasteiger partial charge in [0.1, 0.15) is 6.10 Å². The second kappa shape index (κ2) is 3.90. The molecular formula is C9H17NO2. The van der Waals surface area contributed by atoms with Crippen LogP contribution in [0.15, 0.2) is 0 Å². The summed E-state index contributed by atoms with van der Waals surface area (Å²) in [6.45, 7) is 5.66. The van der Waals surface area contributed by atoms with Gasteiger partial charge in [-0.15, -0.1) is 0 Å². The van der Waals surface area contributed by atoms with Crippen molar-refractivity contribution in [1.82, 2.24) is 4.90 Å². The molecule has 0 bridgehead atoms. The van der Waals surface area contributed by atoms with Crippen LogP contribution < -0.4 is 0 Å². The largest absolute Gasteiger partial charge is 0.462 e. The standard InChI is InChI=1S/C9H17NO2/c1-7-6-10(3)5-4-9(7)12-8(2)11/h7,9H,4-6H2,1-3H3. The number of hydrogen-bond acceptors (Lipinski definition) is 3. The van der Waals surface area contributed by atoms with E-state index in [0.717, 1.165) is 19.5 Å². The Labute approximate surface area is 73.7 Å². The molecular weight excluding hydrogens is 154 g/mol. The predicted molar refractivity (Wildman–Crippen MR) is 46.8 cm³/mol. The summed E-state index contributed by atoms with van der Waals surface area (Å²) in [4.78, 5) is 13.0. The lowest BCUT2D eigenvalue weighted by Gasteiger charge is -2.33. The summed E-state index contributed by atoms with van der Waals surface area (Å²) < 4.78 is 5.19.